The molecule has 1 aromatic rings. The Balaban J connectivity index is 2.64. The summed E-state index contributed by atoms with van der Waals surface area (Å²) < 4.78 is 0. The number of anilines is 1. The molecule has 0 aromatic carbocycles. The molecule has 16 heavy (non-hydrogen) atoms. The largest absolute Gasteiger partial charge is 0.359 e. The lowest BCUT2D eigenvalue weighted by molar-refractivity contribution is -0.130. The first-order valence-electron chi connectivity index (χ1n) is 5.18. The first-order valence-corrected chi connectivity index (χ1v) is 5.56. The maximum absolute atomic E-state index is 11.8. The second-order valence-corrected chi connectivity index (χ2v) is 3.95. The number of hydrogen-bond donors (Lipinski definition) is 1. The van der Waals surface area contributed by atoms with Crippen LogP contribution in [-0.2, 0) is 4.79 Å². The van der Waals surface area contributed by atoms with Gasteiger partial charge in [-0.1, -0.05) is 17.7 Å². The number of carbonyl (C=O) groups excluding carboxylic acids is 1. The van der Waals surface area contributed by atoms with Crippen LogP contribution in [0.5, 0.6) is 0 Å². The Hall–Kier alpha value is -1.29. The summed E-state index contributed by atoms with van der Waals surface area (Å²) in [6.07, 6.45) is 0. The van der Waals surface area contributed by atoms with Gasteiger partial charge < -0.3 is 10.2 Å². The van der Waals surface area contributed by atoms with Crippen LogP contribution in [0.25, 0.3) is 0 Å². The highest BCUT2D eigenvalue weighted by Gasteiger charge is 2.16. The van der Waals surface area contributed by atoms with Crippen LogP contribution in [0.4, 0.5) is 5.82 Å². The molecule has 0 aliphatic rings. The minimum atomic E-state index is -0.309. The smallest absolute Gasteiger partial charge is 0.244 e. The molecule has 0 radical (unpaired) electrons. The summed E-state index contributed by atoms with van der Waals surface area (Å²) in [5.41, 5.74) is 0. The van der Waals surface area contributed by atoms with Gasteiger partial charge in [0, 0.05) is 13.6 Å². The van der Waals surface area contributed by atoms with Crippen LogP contribution in [0.1, 0.15) is 13.8 Å². The van der Waals surface area contributed by atoms with E-state index in [4.69, 9.17) is 11.6 Å². The number of carbonyl (C=O) groups is 1. The van der Waals surface area contributed by atoms with Gasteiger partial charge >= 0.3 is 0 Å². The highest BCUT2D eigenvalue weighted by molar-refractivity contribution is 6.29. The van der Waals surface area contributed by atoms with Gasteiger partial charge in [0.2, 0.25) is 5.91 Å². The summed E-state index contributed by atoms with van der Waals surface area (Å²) in [5.74, 6) is 0.641. The lowest BCUT2D eigenvalue weighted by atomic mass is 10.3. The zero-order valence-electron chi connectivity index (χ0n) is 9.70. The molecule has 0 bridgehead atoms. The molecule has 1 atom stereocenters. The Bertz CT molecular complexity index is 370. The molecule has 1 N–H and O–H groups in total. The first kappa shape index (κ1) is 12.8. The predicted octanol–water partition coefficient (Wildman–Crippen LogP) is 2.01. The van der Waals surface area contributed by atoms with E-state index in [2.05, 4.69) is 10.3 Å². The fraction of sp³-hybridized carbons (Fsp3) is 0.455. The van der Waals surface area contributed by atoms with Crippen molar-refractivity contribution < 1.29 is 4.79 Å². The fourth-order valence-electron chi connectivity index (χ4n) is 1.26. The molecule has 1 rings (SSSR count). The van der Waals surface area contributed by atoms with E-state index < -0.39 is 0 Å². The maximum atomic E-state index is 11.8. The third-order valence-electron chi connectivity index (χ3n) is 2.30. The standard InChI is InChI=1S/C11H16ClN3O/c1-4-15(3)11(16)8(2)13-10-7-5-6-9(12)14-10/h5-8H,4H2,1-3H3,(H,13,14). The van der Waals surface area contributed by atoms with Crippen LogP contribution in [-0.4, -0.2) is 35.4 Å². The van der Waals surface area contributed by atoms with E-state index in [1.54, 1.807) is 37.1 Å². The van der Waals surface area contributed by atoms with Crippen molar-refractivity contribution >= 4 is 23.3 Å². The van der Waals surface area contributed by atoms with Crippen molar-refractivity contribution in [2.24, 2.45) is 0 Å². The third kappa shape index (κ3) is 3.38. The molecule has 1 aromatic heterocycles. The molecule has 88 valence electrons. The highest BCUT2D eigenvalue weighted by atomic mass is 35.5. The van der Waals surface area contributed by atoms with Crippen molar-refractivity contribution in [3.05, 3.63) is 23.4 Å². The number of nitrogens with zero attached hydrogens (tertiary/aromatic N) is 2. The molecule has 0 aliphatic heterocycles. The predicted molar refractivity (Wildman–Crippen MR) is 65.6 cm³/mol. The molecule has 0 spiro atoms. The number of pyridine rings is 1. The first-order chi connectivity index (χ1) is 7.54. The van der Waals surface area contributed by atoms with Gasteiger partial charge in [-0.25, -0.2) is 4.98 Å². The number of aromatic nitrogens is 1. The number of likely N-dealkylation sites (N-methyl/N-ethyl adjacent to an activating group) is 1. The van der Waals surface area contributed by atoms with Crippen LogP contribution in [0.2, 0.25) is 5.15 Å². The van der Waals surface area contributed by atoms with Crippen LogP contribution < -0.4 is 5.32 Å². The number of nitrogens with one attached hydrogen (secondary N) is 1. The minimum absolute atomic E-state index is 0.0317. The van der Waals surface area contributed by atoms with E-state index in [0.717, 1.165) is 0 Å². The quantitative estimate of drug-likeness (QED) is 0.821. The summed E-state index contributed by atoms with van der Waals surface area (Å²) in [5, 5.41) is 3.42. The van der Waals surface area contributed by atoms with E-state index in [1.165, 1.54) is 0 Å². The monoisotopic (exact) mass is 241 g/mol. The normalized spacial score (nSPS) is 12.0. The Labute approximate surface area is 101 Å². The Morgan fingerprint density at radius 1 is 1.62 bits per heavy atom. The summed E-state index contributed by atoms with van der Waals surface area (Å²) in [7, 11) is 1.77. The van der Waals surface area contributed by atoms with Crippen molar-refractivity contribution in [2.45, 2.75) is 19.9 Å². The van der Waals surface area contributed by atoms with Crippen LogP contribution in [0.3, 0.4) is 0 Å². The number of halogens is 1. The Morgan fingerprint density at radius 3 is 2.88 bits per heavy atom. The molecular formula is C11H16ClN3O. The van der Waals surface area contributed by atoms with E-state index in [-0.39, 0.29) is 11.9 Å². The van der Waals surface area contributed by atoms with Gasteiger partial charge in [0.25, 0.3) is 0 Å². The molecule has 1 unspecified atom stereocenters. The van der Waals surface area contributed by atoms with E-state index >= 15 is 0 Å². The van der Waals surface area contributed by atoms with Gasteiger partial charge in [-0.15, -0.1) is 0 Å². The Kier molecular flexibility index (Phi) is 4.55. The summed E-state index contributed by atoms with van der Waals surface area (Å²) >= 11 is 5.75. The second-order valence-electron chi connectivity index (χ2n) is 3.56. The third-order valence-corrected chi connectivity index (χ3v) is 2.51. The molecule has 0 saturated heterocycles. The van der Waals surface area contributed by atoms with E-state index in [0.29, 0.717) is 17.5 Å². The zero-order valence-corrected chi connectivity index (χ0v) is 10.5. The van der Waals surface area contributed by atoms with Crippen molar-refractivity contribution in [1.29, 1.82) is 0 Å². The van der Waals surface area contributed by atoms with E-state index in [1.807, 2.05) is 6.92 Å². The Morgan fingerprint density at radius 2 is 2.31 bits per heavy atom. The second kappa shape index (κ2) is 5.70. The van der Waals surface area contributed by atoms with Crippen molar-refractivity contribution in [1.82, 2.24) is 9.88 Å². The number of hydrogen-bond acceptors (Lipinski definition) is 3. The van der Waals surface area contributed by atoms with Gasteiger partial charge in [-0.3, -0.25) is 4.79 Å². The van der Waals surface area contributed by atoms with Crippen molar-refractivity contribution in [2.75, 3.05) is 18.9 Å². The number of rotatable bonds is 4. The summed E-state index contributed by atoms with van der Waals surface area (Å²) in [6.45, 7) is 4.42. The highest BCUT2D eigenvalue weighted by Crippen LogP contribution is 2.10. The van der Waals surface area contributed by atoms with Crippen molar-refractivity contribution in [3.8, 4) is 0 Å². The fourth-order valence-corrected chi connectivity index (χ4v) is 1.42. The molecule has 4 nitrogen and oxygen atoms in total. The molecule has 0 fully saturated rings. The molecule has 1 heterocycles. The topological polar surface area (TPSA) is 45.2 Å². The summed E-state index contributed by atoms with van der Waals surface area (Å²) in [6, 6.07) is 4.95. The van der Waals surface area contributed by atoms with E-state index in [9.17, 15) is 4.79 Å². The molecule has 1 amide bonds. The van der Waals surface area contributed by atoms with Gasteiger partial charge in [0.15, 0.2) is 0 Å². The minimum Gasteiger partial charge on any atom is -0.359 e. The van der Waals surface area contributed by atoms with Crippen LogP contribution >= 0.6 is 11.6 Å². The van der Waals surface area contributed by atoms with Crippen LogP contribution in [0, 0.1) is 0 Å². The number of amides is 1. The molecule has 5 heteroatoms. The average molecular weight is 242 g/mol. The van der Waals surface area contributed by atoms with Gasteiger partial charge in [-0.2, -0.15) is 0 Å². The van der Waals surface area contributed by atoms with Gasteiger partial charge in [0.1, 0.15) is 17.0 Å². The van der Waals surface area contributed by atoms with Gasteiger partial charge in [0.05, 0.1) is 0 Å². The molecule has 0 aliphatic carbocycles. The molecule has 0 saturated carbocycles. The zero-order chi connectivity index (χ0) is 12.1. The summed E-state index contributed by atoms with van der Waals surface area (Å²) in [4.78, 5) is 17.5. The average Bonchev–Trinajstić information content (AvgIpc) is 2.27. The van der Waals surface area contributed by atoms with Crippen molar-refractivity contribution in [3.63, 3.8) is 0 Å². The lowest BCUT2D eigenvalue weighted by Crippen LogP contribution is -2.39. The maximum Gasteiger partial charge on any atom is 0.244 e. The van der Waals surface area contributed by atoms with Crippen LogP contribution in [0.15, 0.2) is 18.2 Å². The lowest BCUT2D eigenvalue weighted by Gasteiger charge is -2.20. The van der Waals surface area contributed by atoms with Gasteiger partial charge in [-0.05, 0) is 26.0 Å². The SMILES string of the molecule is CCN(C)C(=O)C(C)Nc1cccc(Cl)n1. The molecular weight excluding hydrogens is 226 g/mol.